The second-order valence-electron chi connectivity index (χ2n) is 7.46. The molecule has 1 atom stereocenters. The number of thioether (sulfide) groups is 1. The molecule has 4 aromatic rings. The molecule has 0 saturated heterocycles. The summed E-state index contributed by atoms with van der Waals surface area (Å²) in [5.74, 6) is 1.97. The van der Waals surface area contributed by atoms with Crippen LogP contribution in [0.4, 0.5) is 4.39 Å². The van der Waals surface area contributed by atoms with Crippen LogP contribution in [-0.4, -0.2) is 43.9 Å². The molecule has 0 saturated carbocycles. The fraction of sp³-hybridized carbons (Fsp3) is 0.273. The Morgan fingerprint density at radius 3 is 2.45 bits per heavy atom. The van der Waals surface area contributed by atoms with Crippen LogP contribution in [0.1, 0.15) is 30.2 Å². The largest absolute Gasteiger partial charge is 0.338 e. The molecule has 0 fully saturated rings. The van der Waals surface area contributed by atoms with Gasteiger partial charge in [-0.1, -0.05) is 46.7 Å². The molecule has 9 heteroatoms. The van der Waals surface area contributed by atoms with Crippen LogP contribution in [0.25, 0.3) is 17.1 Å². The number of aromatic nitrogens is 5. The highest BCUT2D eigenvalue weighted by Crippen LogP contribution is 2.29. The molecule has 0 aliphatic carbocycles. The summed E-state index contributed by atoms with van der Waals surface area (Å²) >= 11 is 1.44. The zero-order valence-corrected chi connectivity index (χ0v) is 18.6. The second-order valence-corrected chi connectivity index (χ2v) is 8.40. The summed E-state index contributed by atoms with van der Waals surface area (Å²) in [6.45, 7) is 4.08. The van der Waals surface area contributed by atoms with Crippen molar-refractivity contribution in [2.75, 3.05) is 14.1 Å². The first-order valence-electron chi connectivity index (χ1n) is 9.82. The first-order valence-corrected chi connectivity index (χ1v) is 10.8. The molecule has 2 aromatic heterocycles. The summed E-state index contributed by atoms with van der Waals surface area (Å²) in [7, 11) is 3.96. The molecular weight excluding hydrogens is 415 g/mol. The number of hydrogen-bond donors (Lipinski definition) is 0. The van der Waals surface area contributed by atoms with Gasteiger partial charge in [0.15, 0.2) is 11.0 Å². The molecule has 7 nitrogen and oxygen atoms in total. The Hall–Kier alpha value is -3.04. The molecule has 0 bridgehead atoms. The van der Waals surface area contributed by atoms with Crippen molar-refractivity contribution < 1.29 is 8.91 Å². The molecule has 4 rings (SSSR count). The minimum Gasteiger partial charge on any atom is -0.338 e. The van der Waals surface area contributed by atoms with Gasteiger partial charge in [0.2, 0.25) is 11.7 Å². The van der Waals surface area contributed by atoms with E-state index in [0.717, 1.165) is 17.1 Å². The van der Waals surface area contributed by atoms with Gasteiger partial charge in [-0.15, -0.1) is 10.2 Å². The van der Waals surface area contributed by atoms with Gasteiger partial charge in [0, 0.05) is 11.3 Å². The van der Waals surface area contributed by atoms with E-state index in [0.29, 0.717) is 22.6 Å². The number of benzene rings is 2. The van der Waals surface area contributed by atoms with E-state index in [1.807, 2.05) is 61.7 Å². The van der Waals surface area contributed by atoms with Crippen LogP contribution in [0.3, 0.4) is 0 Å². The maximum Gasteiger partial charge on any atom is 0.237 e. The van der Waals surface area contributed by atoms with Crippen molar-refractivity contribution in [1.82, 2.24) is 29.8 Å². The number of halogens is 1. The molecule has 2 heterocycles. The summed E-state index contributed by atoms with van der Waals surface area (Å²) in [5, 5.41) is 13.5. The van der Waals surface area contributed by atoms with Crippen molar-refractivity contribution in [1.29, 1.82) is 0 Å². The monoisotopic (exact) mass is 438 g/mol. The predicted octanol–water partition coefficient (Wildman–Crippen LogP) is 4.68. The minimum atomic E-state index is -0.289. The lowest BCUT2D eigenvalue weighted by Gasteiger charge is -2.20. The van der Waals surface area contributed by atoms with E-state index < -0.39 is 0 Å². The molecular formula is C22H23FN6OS. The molecule has 0 aliphatic rings. The van der Waals surface area contributed by atoms with E-state index in [4.69, 9.17) is 4.52 Å². The van der Waals surface area contributed by atoms with Crippen LogP contribution in [0, 0.1) is 12.7 Å². The first-order chi connectivity index (χ1) is 14.9. The normalized spacial score (nSPS) is 12.5. The van der Waals surface area contributed by atoms with E-state index in [2.05, 4.69) is 20.3 Å². The van der Waals surface area contributed by atoms with Crippen molar-refractivity contribution in [3.63, 3.8) is 0 Å². The average Bonchev–Trinajstić information content (AvgIpc) is 3.40. The number of nitrogens with zero attached hydrogens (tertiary/aromatic N) is 6. The van der Waals surface area contributed by atoms with Crippen molar-refractivity contribution in [3.8, 4) is 17.1 Å². The van der Waals surface area contributed by atoms with Gasteiger partial charge in [-0.05, 0) is 52.2 Å². The van der Waals surface area contributed by atoms with Crippen molar-refractivity contribution in [3.05, 3.63) is 71.6 Å². The van der Waals surface area contributed by atoms with E-state index in [1.54, 1.807) is 12.1 Å². The van der Waals surface area contributed by atoms with Crippen LogP contribution in [0.15, 0.2) is 58.2 Å². The van der Waals surface area contributed by atoms with Gasteiger partial charge in [-0.3, -0.25) is 9.47 Å². The Bertz CT molecular complexity index is 1150. The molecule has 2 aromatic carbocycles. The Morgan fingerprint density at radius 1 is 1.06 bits per heavy atom. The maximum absolute atomic E-state index is 13.5. The van der Waals surface area contributed by atoms with Crippen molar-refractivity contribution in [2.45, 2.75) is 30.8 Å². The molecule has 0 radical (unpaired) electrons. The van der Waals surface area contributed by atoms with Gasteiger partial charge in [-0.25, -0.2) is 4.39 Å². The smallest absolute Gasteiger partial charge is 0.237 e. The fourth-order valence-electron chi connectivity index (χ4n) is 2.97. The van der Waals surface area contributed by atoms with Crippen LogP contribution in [0.5, 0.6) is 0 Å². The molecule has 0 aliphatic heterocycles. The molecule has 0 N–H and O–H groups in total. The Balaban J connectivity index is 1.59. The van der Waals surface area contributed by atoms with Gasteiger partial charge < -0.3 is 4.52 Å². The summed E-state index contributed by atoms with van der Waals surface area (Å²) < 4.78 is 20.8. The second kappa shape index (κ2) is 8.99. The average molecular weight is 439 g/mol. The summed E-state index contributed by atoms with van der Waals surface area (Å²) in [6.07, 6.45) is 0. The maximum atomic E-state index is 13.5. The Kier molecular flexibility index (Phi) is 6.15. The van der Waals surface area contributed by atoms with E-state index >= 15 is 0 Å². The zero-order chi connectivity index (χ0) is 22.0. The number of hydrogen-bond acceptors (Lipinski definition) is 7. The van der Waals surface area contributed by atoms with Gasteiger partial charge in [-0.2, -0.15) is 4.98 Å². The van der Waals surface area contributed by atoms with Gasteiger partial charge in [0.05, 0.1) is 11.8 Å². The Morgan fingerprint density at radius 2 is 1.77 bits per heavy atom. The topological polar surface area (TPSA) is 72.9 Å². The van der Waals surface area contributed by atoms with Crippen LogP contribution >= 0.6 is 11.8 Å². The van der Waals surface area contributed by atoms with Crippen molar-refractivity contribution >= 4 is 11.8 Å². The molecule has 1 unspecified atom stereocenters. The van der Waals surface area contributed by atoms with Gasteiger partial charge in [0.1, 0.15) is 5.82 Å². The number of aryl methyl sites for hydroxylation is 1. The third-order valence-electron chi connectivity index (χ3n) is 4.99. The molecule has 0 amide bonds. The van der Waals surface area contributed by atoms with E-state index in [9.17, 15) is 4.39 Å². The molecule has 160 valence electrons. The molecule has 0 spiro atoms. The lowest BCUT2D eigenvalue weighted by Crippen LogP contribution is -2.20. The zero-order valence-electron chi connectivity index (χ0n) is 17.8. The highest BCUT2D eigenvalue weighted by atomic mass is 32.2. The number of rotatable bonds is 7. The highest BCUT2D eigenvalue weighted by Gasteiger charge is 2.21. The third kappa shape index (κ3) is 4.67. The van der Waals surface area contributed by atoms with E-state index in [1.165, 1.54) is 29.5 Å². The van der Waals surface area contributed by atoms with Crippen LogP contribution < -0.4 is 0 Å². The summed E-state index contributed by atoms with van der Waals surface area (Å²) in [4.78, 5) is 6.54. The lowest BCUT2D eigenvalue weighted by atomic mass is 10.1. The first kappa shape index (κ1) is 21.2. The summed E-state index contributed by atoms with van der Waals surface area (Å²) in [6, 6.07) is 14.3. The van der Waals surface area contributed by atoms with Crippen LogP contribution in [-0.2, 0) is 5.75 Å². The lowest BCUT2D eigenvalue weighted by molar-refractivity contribution is 0.305. The quantitative estimate of drug-likeness (QED) is 0.388. The van der Waals surface area contributed by atoms with Gasteiger partial charge in [0.25, 0.3) is 0 Å². The standard InChI is InChI=1S/C22H23FN6OS/c1-14-5-7-16(8-6-14)20-24-19(30-27-20)13-31-22-26-25-21(15(2)28(3)4)29(22)18-11-9-17(23)10-12-18/h5-12,15H,13H2,1-4H3. The van der Waals surface area contributed by atoms with Crippen molar-refractivity contribution in [2.24, 2.45) is 0 Å². The third-order valence-corrected chi connectivity index (χ3v) is 5.91. The molecule has 31 heavy (non-hydrogen) atoms. The SMILES string of the molecule is Cc1ccc(-c2noc(CSc3nnc(C(C)N(C)C)n3-c3ccc(F)cc3)n2)cc1. The van der Waals surface area contributed by atoms with Crippen LogP contribution in [0.2, 0.25) is 0 Å². The van der Waals surface area contributed by atoms with Gasteiger partial charge >= 0.3 is 0 Å². The summed E-state index contributed by atoms with van der Waals surface area (Å²) in [5.41, 5.74) is 2.87. The minimum absolute atomic E-state index is 0.0171. The fourth-order valence-corrected chi connectivity index (χ4v) is 3.77. The van der Waals surface area contributed by atoms with E-state index in [-0.39, 0.29) is 11.9 Å². The predicted molar refractivity (Wildman–Crippen MR) is 117 cm³/mol. The Labute approximate surface area is 184 Å². The highest BCUT2D eigenvalue weighted by molar-refractivity contribution is 7.98.